The smallest absolute Gasteiger partial charge is 0.302 e. The van der Waals surface area contributed by atoms with Crippen LogP contribution in [0.4, 0.5) is 0 Å². The Labute approximate surface area is 123 Å². The lowest BCUT2D eigenvalue weighted by Crippen LogP contribution is -2.41. The number of Topliss-reactive ketones (excluding diaryl/α,β-unsaturated/α-hetero) is 1. The first kappa shape index (κ1) is 14.9. The molecule has 0 saturated heterocycles. The molecule has 2 aromatic carbocycles. The van der Waals surface area contributed by atoms with Crippen molar-refractivity contribution in [2.45, 2.75) is 12.5 Å². The number of ether oxygens (including phenoxy) is 1. The largest absolute Gasteiger partial charge is 0.462 e. The summed E-state index contributed by atoms with van der Waals surface area (Å²) in [5.41, 5.74) is -1.15. The summed E-state index contributed by atoms with van der Waals surface area (Å²) in [6.07, 6.45) is 0. The fourth-order valence-electron chi connectivity index (χ4n) is 2.03. The molecule has 1 N–H and O–H groups in total. The van der Waals surface area contributed by atoms with Crippen LogP contribution in [0.3, 0.4) is 0 Å². The molecule has 0 bridgehead atoms. The number of esters is 1. The third-order valence-corrected chi connectivity index (χ3v) is 3.15. The first-order chi connectivity index (χ1) is 10.0. The quantitative estimate of drug-likeness (QED) is 0.676. The maximum absolute atomic E-state index is 12.6. The van der Waals surface area contributed by atoms with E-state index in [1.807, 2.05) is 0 Å². The highest BCUT2D eigenvalue weighted by atomic mass is 16.5. The lowest BCUT2D eigenvalue weighted by atomic mass is 9.86. The summed E-state index contributed by atoms with van der Waals surface area (Å²) in [5, 5.41) is 10.8. The van der Waals surface area contributed by atoms with Gasteiger partial charge in [-0.1, -0.05) is 60.7 Å². The van der Waals surface area contributed by atoms with Crippen molar-refractivity contribution in [1.29, 1.82) is 0 Å². The fourth-order valence-corrected chi connectivity index (χ4v) is 2.03. The van der Waals surface area contributed by atoms with Gasteiger partial charge >= 0.3 is 5.97 Å². The van der Waals surface area contributed by atoms with Crippen molar-refractivity contribution in [2.24, 2.45) is 0 Å². The average molecular weight is 284 g/mol. The van der Waals surface area contributed by atoms with Crippen LogP contribution in [0.15, 0.2) is 60.7 Å². The number of carbonyl (C=O) groups is 2. The van der Waals surface area contributed by atoms with Gasteiger partial charge in [0.25, 0.3) is 0 Å². The lowest BCUT2D eigenvalue weighted by Gasteiger charge is -2.26. The number of rotatable bonds is 5. The molecular formula is C17H16O4. The zero-order valence-corrected chi connectivity index (χ0v) is 11.7. The molecule has 4 nitrogen and oxygen atoms in total. The van der Waals surface area contributed by atoms with Gasteiger partial charge in [0.05, 0.1) is 0 Å². The molecule has 0 aliphatic heterocycles. The molecule has 1 atom stereocenters. The molecule has 0 aliphatic rings. The molecular weight excluding hydrogens is 268 g/mol. The van der Waals surface area contributed by atoms with Crippen LogP contribution in [-0.2, 0) is 15.1 Å². The molecule has 0 aliphatic carbocycles. The monoisotopic (exact) mass is 284 g/mol. The van der Waals surface area contributed by atoms with Crippen molar-refractivity contribution in [3.63, 3.8) is 0 Å². The van der Waals surface area contributed by atoms with E-state index in [-0.39, 0.29) is 0 Å². The topological polar surface area (TPSA) is 63.6 Å². The standard InChI is InChI=1S/C17H16O4/c1-13(18)21-12-17(20,15-10-6-3-7-11-15)16(19)14-8-4-2-5-9-14/h2-11,20H,12H2,1H3. The Bertz CT molecular complexity index is 622. The number of hydrogen-bond acceptors (Lipinski definition) is 4. The third kappa shape index (κ3) is 3.35. The highest BCUT2D eigenvalue weighted by Crippen LogP contribution is 2.26. The second kappa shape index (κ2) is 6.33. The van der Waals surface area contributed by atoms with Crippen LogP contribution in [-0.4, -0.2) is 23.5 Å². The Balaban J connectivity index is 2.41. The number of benzene rings is 2. The van der Waals surface area contributed by atoms with Crippen molar-refractivity contribution in [2.75, 3.05) is 6.61 Å². The van der Waals surface area contributed by atoms with Gasteiger partial charge in [-0.3, -0.25) is 9.59 Å². The summed E-state index contributed by atoms with van der Waals surface area (Å²) in [7, 11) is 0. The number of ketones is 1. The first-order valence-corrected chi connectivity index (χ1v) is 6.55. The zero-order valence-electron chi connectivity index (χ0n) is 11.7. The highest BCUT2D eigenvalue weighted by Gasteiger charge is 2.39. The van der Waals surface area contributed by atoms with Crippen molar-refractivity contribution < 1.29 is 19.4 Å². The summed E-state index contributed by atoms with van der Waals surface area (Å²) >= 11 is 0. The zero-order chi connectivity index (χ0) is 15.3. The van der Waals surface area contributed by atoms with Gasteiger partial charge in [-0.25, -0.2) is 0 Å². The predicted octanol–water partition coefficient (Wildman–Crippen LogP) is 2.32. The Kier molecular flexibility index (Phi) is 4.50. The van der Waals surface area contributed by atoms with Crippen LogP contribution >= 0.6 is 0 Å². The van der Waals surface area contributed by atoms with Gasteiger partial charge in [0.1, 0.15) is 6.61 Å². The van der Waals surface area contributed by atoms with Crippen LogP contribution in [0.25, 0.3) is 0 Å². The van der Waals surface area contributed by atoms with Crippen LogP contribution in [0.1, 0.15) is 22.8 Å². The van der Waals surface area contributed by atoms with Gasteiger partial charge in [0, 0.05) is 12.5 Å². The van der Waals surface area contributed by atoms with E-state index in [0.717, 1.165) is 0 Å². The van der Waals surface area contributed by atoms with Gasteiger partial charge in [-0.2, -0.15) is 0 Å². The molecule has 2 rings (SSSR count). The second-order valence-corrected chi connectivity index (χ2v) is 4.70. The third-order valence-electron chi connectivity index (χ3n) is 3.15. The maximum atomic E-state index is 12.6. The molecule has 4 heteroatoms. The van der Waals surface area contributed by atoms with E-state index in [9.17, 15) is 14.7 Å². The lowest BCUT2D eigenvalue weighted by molar-refractivity contribution is -0.146. The molecule has 0 saturated carbocycles. The fraction of sp³-hybridized carbons (Fsp3) is 0.176. The van der Waals surface area contributed by atoms with E-state index in [1.165, 1.54) is 6.92 Å². The molecule has 2 aromatic rings. The molecule has 0 fully saturated rings. The van der Waals surface area contributed by atoms with E-state index in [4.69, 9.17) is 4.74 Å². The molecule has 1 unspecified atom stereocenters. The van der Waals surface area contributed by atoms with E-state index < -0.39 is 24.0 Å². The summed E-state index contributed by atoms with van der Waals surface area (Å²) in [5.74, 6) is -1.05. The van der Waals surface area contributed by atoms with Crippen molar-refractivity contribution in [3.05, 3.63) is 71.8 Å². The normalized spacial score (nSPS) is 13.2. The average Bonchev–Trinajstić information content (AvgIpc) is 2.53. The molecule has 108 valence electrons. The summed E-state index contributed by atoms with van der Waals surface area (Å²) < 4.78 is 4.89. The van der Waals surface area contributed by atoms with Crippen LogP contribution in [0, 0.1) is 0 Å². The van der Waals surface area contributed by atoms with E-state index >= 15 is 0 Å². The van der Waals surface area contributed by atoms with Crippen molar-refractivity contribution >= 4 is 11.8 Å². The van der Waals surface area contributed by atoms with Gasteiger partial charge < -0.3 is 9.84 Å². The Morgan fingerprint density at radius 3 is 2.05 bits per heavy atom. The molecule has 0 aromatic heterocycles. The van der Waals surface area contributed by atoms with Crippen molar-refractivity contribution in [3.8, 4) is 0 Å². The first-order valence-electron chi connectivity index (χ1n) is 6.55. The molecule has 0 amide bonds. The van der Waals surface area contributed by atoms with Gasteiger partial charge in [-0.05, 0) is 5.56 Å². The van der Waals surface area contributed by atoms with Crippen LogP contribution < -0.4 is 0 Å². The summed E-state index contributed by atoms with van der Waals surface area (Å²) in [6.45, 7) is 0.818. The number of hydrogen-bond donors (Lipinski definition) is 1. The van der Waals surface area contributed by atoms with Crippen molar-refractivity contribution in [1.82, 2.24) is 0 Å². The number of aliphatic hydroxyl groups is 1. The van der Waals surface area contributed by atoms with E-state index in [2.05, 4.69) is 0 Å². The highest BCUT2D eigenvalue weighted by molar-refractivity contribution is 6.03. The maximum Gasteiger partial charge on any atom is 0.302 e. The molecule has 0 spiro atoms. The predicted molar refractivity (Wildman–Crippen MR) is 77.7 cm³/mol. The Hall–Kier alpha value is -2.46. The minimum Gasteiger partial charge on any atom is -0.462 e. The molecule has 0 radical (unpaired) electrons. The van der Waals surface area contributed by atoms with Gasteiger partial charge in [0.2, 0.25) is 5.78 Å². The second-order valence-electron chi connectivity index (χ2n) is 4.70. The van der Waals surface area contributed by atoms with Gasteiger partial charge in [-0.15, -0.1) is 0 Å². The molecule has 21 heavy (non-hydrogen) atoms. The Morgan fingerprint density at radius 2 is 1.52 bits per heavy atom. The van der Waals surface area contributed by atoms with Crippen LogP contribution in [0.2, 0.25) is 0 Å². The van der Waals surface area contributed by atoms with Gasteiger partial charge in [0.15, 0.2) is 5.60 Å². The summed E-state index contributed by atoms with van der Waals surface area (Å²) in [4.78, 5) is 23.7. The molecule has 0 heterocycles. The van der Waals surface area contributed by atoms with Crippen LogP contribution in [0.5, 0.6) is 0 Å². The Morgan fingerprint density at radius 1 is 1.00 bits per heavy atom. The minimum atomic E-state index is -1.89. The minimum absolute atomic E-state index is 0.357. The van der Waals surface area contributed by atoms with E-state index in [1.54, 1.807) is 60.7 Å². The summed E-state index contributed by atoms with van der Waals surface area (Å²) in [6, 6.07) is 16.9. The SMILES string of the molecule is CC(=O)OCC(O)(C(=O)c1ccccc1)c1ccccc1. The number of carbonyl (C=O) groups excluding carboxylic acids is 2. The van der Waals surface area contributed by atoms with E-state index in [0.29, 0.717) is 11.1 Å².